The molecule has 1 spiro atoms. The number of aryl methyl sites for hydroxylation is 1. The van der Waals surface area contributed by atoms with E-state index < -0.39 is 5.41 Å². The van der Waals surface area contributed by atoms with Crippen molar-refractivity contribution >= 4 is 34.4 Å². The lowest BCUT2D eigenvalue weighted by molar-refractivity contribution is -0.128. The molecule has 1 aromatic rings. The molecule has 2 saturated heterocycles. The third kappa shape index (κ3) is 2.21. The number of carbonyl (C=O) groups excluding carboxylic acids is 2. The highest BCUT2D eigenvalue weighted by Crippen LogP contribution is 2.44. The average Bonchev–Trinajstić information content (AvgIpc) is 3.03. The van der Waals surface area contributed by atoms with E-state index in [9.17, 15) is 9.59 Å². The minimum Gasteiger partial charge on any atom is -0.296 e. The minimum absolute atomic E-state index is 0.0567. The largest absolute Gasteiger partial charge is 0.296 e. The summed E-state index contributed by atoms with van der Waals surface area (Å²) in [5, 5.41) is 2.50. The maximum absolute atomic E-state index is 12.2. The van der Waals surface area contributed by atoms with E-state index in [0.29, 0.717) is 12.5 Å². The Balaban J connectivity index is 1.63. The van der Waals surface area contributed by atoms with Gasteiger partial charge in [-0.1, -0.05) is 12.1 Å². The van der Waals surface area contributed by atoms with Crippen molar-refractivity contribution in [3.63, 3.8) is 0 Å². The number of fused-ring (bicyclic) bond motifs is 1. The molecule has 0 saturated carbocycles. The maximum Gasteiger partial charge on any atom is 0.234 e. The predicted molar refractivity (Wildman–Crippen MR) is 91.2 cm³/mol. The van der Waals surface area contributed by atoms with Crippen LogP contribution in [0.2, 0.25) is 0 Å². The summed E-state index contributed by atoms with van der Waals surface area (Å²) >= 11 is 2.43. The highest BCUT2D eigenvalue weighted by Gasteiger charge is 2.52. The van der Waals surface area contributed by atoms with Gasteiger partial charge in [0.1, 0.15) is 0 Å². The molecule has 2 fully saturated rings. The number of nitrogens with one attached hydrogen (secondary N) is 1. The van der Waals surface area contributed by atoms with Crippen molar-refractivity contribution in [3.05, 3.63) is 32.9 Å². The van der Waals surface area contributed by atoms with Crippen molar-refractivity contribution in [3.8, 4) is 0 Å². The Labute approximate surface area is 143 Å². The Morgan fingerprint density at radius 1 is 1.32 bits per heavy atom. The van der Waals surface area contributed by atoms with E-state index in [2.05, 4.69) is 51.0 Å². The van der Waals surface area contributed by atoms with Crippen LogP contribution < -0.4 is 5.32 Å². The first-order valence-electron chi connectivity index (χ1n) is 7.95. The van der Waals surface area contributed by atoms with Crippen LogP contribution in [0.1, 0.15) is 42.9 Å². The molecule has 1 N–H and O–H groups in total. The van der Waals surface area contributed by atoms with E-state index >= 15 is 0 Å². The zero-order chi connectivity index (χ0) is 15.3. The van der Waals surface area contributed by atoms with Crippen LogP contribution in [0, 0.1) is 8.99 Å². The first-order chi connectivity index (χ1) is 10.6. The normalized spacial score (nSPS) is 31.6. The standard InChI is InChI=1S/C17H19IN2O2/c18-12-5-1-3-11-4-2-6-13(15(11)12)20-8-7-17(10-20)9-14(21)19-16(17)22/h1,3,5,13H,2,4,6-10H2,(H,19,21,22). The fourth-order valence-electron chi connectivity index (χ4n) is 4.36. The molecule has 2 aliphatic heterocycles. The van der Waals surface area contributed by atoms with Crippen molar-refractivity contribution in [2.75, 3.05) is 13.1 Å². The second-order valence-electron chi connectivity index (χ2n) is 6.78. The maximum atomic E-state index is 12.2. The fraction of sp³-hybridized carbons (Fsp3) is 0.529. The van der Waals surface area contributed by atoms with Gasteiger partial charge in [-0.25, -0.2) is 0 Å². The quantitative estimate of drug-likeness (QED) is 0.572. The van der Waals surface area contributed by atoms with Crippen molar-refractivity contribution < 1.29 is 9.59 Å². The summed E-state index contributed by atoms with van der Waals surface area (Å²) in [6, 6.07) is 6.95. The van der Waals surface area contributed by atoms with Gasteiger partial charge < -0.3 is 0 Å². The lowest BCUT2D eigenvalue weighted by Crippen LogP contribution is -2.36. The Bertz CT molecular complexity index is 660. The number of nitrogens with zero attached hydrogens (tertiary/aromatic N) is 1. The molecule has 2 atom stereocenters. The molecule has 0 radical (unpaired) electrons. The van der Waals surface area contributed by atoms with Gasteiger partial charge in [0.2, 0.25) is 11.8 Å². The molecule has 22 heavy (non-hydrogen) atoms. The van der Waals surface area contributed by atoms with E-state index in [0.717, 1.165) is 32.4 Å². The molecule has 0 aromatic heterocycles. The smallest absolute Gasteiger partial charge is 0.234 e. The third-order valence-electron chi connectivity index (χ3n) is 5.46. The topological polar surface area (TPSA) is 49.4 Å². The van der Waals surface area contributed by atoms with E-state index in [1.807, 2.05) is 0 Å². The van der Waals surface area contributed by atoms with E-state index in [4.69, 9.17) is 0 Å². The lowest BCUT2D eigenvalue weighted by Gasteiger charge is -2.34. The van der Waals surface area contributed by atoms with E-state index in [1.54, 1.807) is 0 Å². The van der Waals surface area contributed by atoms with Crippen LogP contribution in [0.4, 0.5) is 0 Å². The molecule has 116 valence electrons. The number of hydrogen-bond acceptors (Lipinski definition) is 3. The summed E-state index contributed by atoms with van der Waals surface area (Å²) in [6.07, 6.45) is 4.68. The number of halogens is 1. The van der Waals surface area contributed by atoms with Crippen molar-refractivity contribution in [1.82, 2.24) is 10.2 Å². The lowest BCUT2D eigenvalue weighted by atomic mass is 9.84. The highest BCUT2D eigenvalue weighted by molar-refractivity contribution is 14.1. The van der Waals surface area contributed by atoms with Gasteiger partial charge in [-0.05, 0) is 72.0 Å². The number of carbonyl (C=O) groups is 2. The van der Waals surface area contributed by atoms with Crippen molar-refractivity contribution in [2.45, 2.75) is 38.1 Å². The zero-order valence-corrected chi connectivity index (χ0v) is 14.6. The molecule has 3 aliphatic rings. The number of likely N-dealkylation sites (tertiary alicyclic amines) is 1. The summed E-state index contributed by atoms with van der Waals surface area (Å²) < 4.78 is 1.33. The van der Waals surface area contributed by atoms with E-state index in [1.165, 1.54) is 21.1 Å². The van der Waals surface area contributed by atoms with Gasteiger partial charge in [0, 0.05) is 22.6 Å². The first kappa shape index (κ1) is 14.6. The minimum atomic E-state index is -0.463. The summed E-state index contributed by atoms with van der Waals surface area (Å²) in [7, 11) is 0. The Hall–Kier alpha value is -0.950. The summed E-state index contributed by atoms with van der Waals surface area (Å²) in [5.74, 6) is -0.163. The van der Waals surface area contributed by atoms with Gasteiger partial charge in [0.15, 0.2) is 0 Å². The molecule has 2 heterocycles. The van der Waals surface area contributed by atoms with Gasteiger partial charge in [-0.2, -0.15) is 0 Å². The first-order valence-corrected chi connectivity index (χ1v) is 9.03. The third-order valence-corrected chi connectivity index (χ3v) is 6.40. The molecule has 1 aromatic carbocycles. The number of imide groups is 1. The number of amides is 2. The monoisotopic (exact) mass is 410 g/mol. The molecule has 4 rings (SSSR count). The van der Waals surface area contributed by atoms with Crippen LogP contribution in [0.15, 0.2) is 18.2 Å². The number of benzene rings is 1. The molecule has 2 amide bonds. The van der Waals surface area contributed by atoms with Crippen LogP contribution in [-0.4, -0.2) is 29.8 Å². The molecular formula is C17H19IN2O2. The fourth-order valence-corrected chi connectivity index (χ4v) is 5.27. The van der Waals surface area contributed by atoms with Gasteiger partial charge in [-0.15, -0.1) is 0 Å². The Kier molecular flexibility index (Phi) is 3.52. The second-order valence-corrected chi connectivity index (χ2v) is 7.94. The van der Waals surface area contributed by atoms with Crippen LogP contribution in [0.25, 0.3) is 0 Å². The zero-order valence-electron chi connectivity index (χ0n) is 12.4. The van der Waals surface area contributed by atoms with Gasteiger partial charge in [0.05, 0.1) is 5.41 Å². The summed E-state index contributed by atoms with van der Waals surface area (Å²) in [4.78, 5) is 26.2. The number of hydrogen-bond donors (Lipinski definition) is 1. The van der Waals surface area contributed by atoms with Crippen LogP contribution in [0.5, 0.6) is 0 Å². The second kappa shape index (κ2) is 5.30. The predicted octanol–water partition coefficient (Wildman–Crippen LogP) is 2.41. The van der Waals surface area contributed by atoms with Crippen LogP contribution in [0.3, 0.4) is 0 Å². The molecule has 5 heteroatoms. The molecule has 0 bridgehead atoms. The summed E-state index contributed by atoms with van der Waals surface area (Å²) in [5.41, 5.74) is 2.45. The average molecular weight is 410 g/mol. The van der Waals surface area contributed by atoms with Crippen molar-refractivity contribution in [2.24, 2.45) is 5.41 Å². The van der Waals surface area contributed by atoms with Crippen LogP contribution >= 0.6 is 22.6 Å². The SMILES string of the molecule is O=C1CC2(CCN(C3CCCc4cccc(I)c43)C2)C(=O)N1. The Morgan fingerprint density at radius 2 is 2.18 bits per heavy atom. The molecule has 2 unspecified atom stereocenters. The van der Waals surface area contributed by atoms with Gasteiger partial charge >= 0.3 is 0 Å². The van der Waals surface area contributed by atoms with Crippen molar-refractivity contribution in [1.29, 1.82) is 0 Å². The summed E-state index contributed by atoms with van der Waals surface area (Å²) in [6.45, 7) is 1.63. The molecular weight excluding hydrogens is 391 g/mol. The molecule has 1 aliphatic carbocycles. The van der Waals surface area contributed by atoms with Gasteiger partial charge in [0.25, 0.3) is 0 Å². The highest BCUT2D eigenvalue weighted by atomic mass is 127. The van der Waals surface area contributed by atoms with Gasteiger partial charge in [-0.3, -0.25) is 19.8 Å². The van der Waals surface area contributed by atoms with E-state index in [-0.39, 0.29) is 11.8 Å². The Morgan fingerprint density at radius 3 is 2.95 bits per heavy atom. The molecule has 4 nitrogen and oxygen atoms in total. The number of rotatable bonds is 1. The van der Waals surface area contributed by atoms with Crippen LogP contribution in [-0.2, 0) is 16.0 Å².